The van der Waals surface area contributed by atoms with Gasteiger partial charge in [-0.1, -0.05) is 62.2 Å². The molecule has 2 fully saturated rings. The summed E-state index contributed by atoms with van der Waals surface area (Å²) >= 11 is 12.3. The van der Waals surface area contributed by atoms with E-state index >= 15 is 8.78 Å². The zero-order valence-corrected chi connectivity index (χ0v) is 39.9. The van der Waals surface area contributed by atoms with Gasteiger partial charge in [-0.2, -0.15) is 0 Å². The lowest BCUT2D eigenvalue weighted by Gasteiger charge is -2.30. The molecule has 0 spiro atoms. The number of unbranched alkanes of at least 4 members (excludes halogenated alkanes) is 1. The van der Waals surface area contributed by atoms with Crippen molar-refractivity contribution in [1.29, 1.82) is 0 Å². The largest absolute Gasteiger partial charge is 0.495 e. The molecule has 15 nitrogen and oxygen atoms in total. The first-order chi connectivity index (χ1) is 32.8. The van der Waals surface area contributed by atoms with Gasteiger partial charge in [0.1, 0.15) is 23.4 Å². The molecule has 19 heteroatoms. The lowest BCUT2D eigenvalue weighted by Crippen LogP contribution is -2.49. The van der Waals surface area contributed by atoms with Crippen molar-refractivity contribution in [3.8, 4) is 5.75 Å². The molecule has 0 saturated carbocycles. The molecule has 4 aromatic carbocycles. The van der Waals surface area contributed by atoms with E-state index in [1.165, 1.54) is 67.8 Å². The SMILES string of the molecule is COc1cc(C(=O)NCCCCNCC(=O)Nc2cccc3c2C(=O)N([C@H]2CCCC(=O)NC2=O)C3=O)ccc1NC(=O)[C@@H]1N[C@@H](CC(C)(C)C)[C@H](c2ccc(Cl)cc2F)[C@H]1c1ccc(Cl)cc1F. The minimum atomic E-state index is -1.15. The molecule has 3 heterocycles. The number of amides is 7. The number of carbonyl (C=O) groups excluding carboxylic acids is 7. The number of halogens is 4. The number of hydrogen-bond acceptors (Lipinski definition) is 10. The monoisotopic (exact) mass is 987 g/mol. The third-order valence-electron chi connectivity index (χ3n) is 12.4. The molecule has 0 bridgehead atoms. The minimum absolute atomic E-state index is 0.0259. The van der Waals surface area contributed by atoms with E-state index in [9.17, 15) is 33.6 Å². The van der Waals surface area contributed by atoms with Gasteiger partial charge in [0.05, 0.1) is 42.2 Å². The lowest BCUT2D eigenvalue weighted by molar-refractivity contribution is -0.131. The smallest absolute Gasteiger partial charge is 0.264 e. The maximum Gasteiger partial charge on any atom is 0.264 e. The molecule has 3 aliphatic rings. The quantitative estimate of drug-likeness (QED) is 0.0497. The van der Waals surface area contributed by atoms with E-state index in [2.05, 4.69) is 31.9 Å². The number of fused-ring (bicyclic) bond motifs is 1. The van der Waals surface area contributed by atoms with E-state index in [4.69, 9.17) is 27.9 Å². The van der Waals surface area contributed by atoms with E-state index in [0.29, 0.717) is 38.8 Å². The van der Waals surface area contributed by atoms with Crippen LogP contribution in [-0.4, -0.2) is 91.1 Å². The van der Waals surface area contributed by atoms with Gasteiger partial charge in [0.25, 0.3) is 17.7 Å². The molecule has 0 radical (unpaired) electrons. The summed E-state index contributed by atoms with van der Waals surface area (Å²) in [6.45, 7) is 6.67. The van der Waals surface area contributed by atoms with Crippen molar-refractivity contribution in [2.24, 2.45) is 5.41 Å². The molecule has 0 unspecified atom stereocenters. The molecule has 3 aliphatic heterocycles. The minimum Gasteiger partial charge on any atom is -0.495 e. The fourth-order valence-corrected chi connectivity index (χ4v) is 9.65. The van der Waals surface area contributed by atoms with Crippen LogP contribution in [0.25, 0.3) is 0 Å². The Kier molecular flexibility index (Phi) is 15.8. The summed E-state index contributed by atoms with van der Waals surface area (Å²) in [5.74, 6) is -6.60. The number of rotatable bonds is 16. The van der Waals surface area contributed by atoms with E-state index in [1.807, 2.05) is 20.8 Å². The molecule has 7 rings (SSSR count). The normalized spacial score (nSPS) is 20.3. The van der Waals surface area contributed by atoms with Crippen LogP contribution in [0.1, 0.15) is 113 Å². The summed E-state index contributed by atoms with van der Waals surface area (Å²) in [7, 11) is 1.39. The number of hydrogen-bond donors (Lipinski definition) is 6. The molecule has 2 saturated heterocycles. The second kappa shape index (κ2) is 21.6. The fraction of sp³-hybridized carbons (Fsp3) is 0.380. The van der Waals surface area contributed by atoms with Crippen molar-refractivity contribution < 1.29 is 47.1 Å². The first-order valence-electron chi connectivity index (χ1n) is 22.6. The van der Waals surface area contributed by atoms with Crippen molar-refractivity contribution in [2.45, 2.75) is 89.3 Å². The summed E-state index contributed by atoms with van der Waals surface area (Å²) in [6.07, 6.45) is 2.19. The van der Waals surface area contributed by atoms with Gasteiger partial charge in [0.15, 0.2) is 0 Å². The molecule has 5 atom stereocenters. The van der Waals surface area contributed by atoms with Gasteiger partial charge >= 0.3 is 0 Å². The van der Waals surface area contributed by atoms with Gasteiger partial charge in [-0.25, -0.2) is 8.78 Å². The Labute approximate surface area is 407 Å². The number of benzene rings is 4. The second-order valence-corrected chi connectivity index (χ2v) is 19.4. The van der Waals surface area contributed by atoms with E-state index in [-0.39, 0.29) is 79.8 Å². The van der Waals surface area contributed by atoms with Crippen molar-refractivity contribution >= 4 is 75.9 Å². The number of nitrogens with zero attached hydrogens (tertiary/aromatic N) is 1. The predicted molar refractivity (Wildman–Crippen MR) is 256 cm³/mol. The van der Waals surface area contributed by atoms with E-state index < -0.39 is 82.9 Å². The van der Waals surface area contributed by atoms with Gasteiger partial charge in [0.2, 0.25) is 23.6 Å². The molecule has 4 aromatic rings. The summed E-state index contributed by atoms with van der Waals surface area (Å²) in [4.78, 5) is 92.5. The first-order valence-corrected chi connectivity index (χ1v) is 23.4. The Bertz CT molecular complexity index is 2700. The van der Waals surface area contributed by atoms with Crippen LogP contribution in [0.15, 0.2) is 72.8 Å². The number of anilines is 2. The molecule has 0 aliphatic carbocycles. The zero-order chi connectivity index (χ0) is 49.7. The zero-order valence-electron chi connectivity index (χ0n) is 38.4. The summed E-state index contributed by atoms with van der Waals surface area (Å²) < 4.78 is 37.2. The van der Waals surface area contributed by atoms with Crippen LogP contribution in [0.3, 0.4) is 0 Å². The Hall–Kier alpha value is -6.27. The highest BCUT2D eigenvalue weighted by Crippen LogP contribution is 2.48. The van der Waals surface area contributed by atoms with Crippen LogP contribution in [-0.2, 0) is 19.2 Å². The van der Waals surface area contributed by atoms with Crippen molar-refractivity contribution in [1.82, 2.24) is 26.2 Å². The number of nitrogens with one attached hydrogen (secondary N) is 6. The van der Waals surface area contributed by atoms with Crippen LogP contribution >= 0.6 is 23.2 Å². The summed E-state index contributed by atoms with van der Waals surface area (Å²) in [6, 6.07) is 14.9. The lowest BCUT2D eigenvalue weighted by atomic mass is 9.74. The van der Waals surface area contributed by atoms with Crippen LogP contribution in [0, 0.1) is 17.0 Å². The molecule has 0 aromatic heterocycles. The fourth-order valence-electron chi connectivity index (χ4n) is 9.34. The Morgan fingerprint density at radius 3 is 2.17 bits per heavy atom. The van der Waals surface area contributed by atoms with Gasteiger partial charge in [-0.15, -0.1) is 0 Å². The van der Waals surface area contributed by atoms with Gasteiger partial charge in [-0.05, 0) is 110 Å². The van der Waals surface area contributed by atoms with E-state index in [0.717, 1.165) is 4.90 Å². The number of imide groups is 2. The summed E-state index contributed by atoms with van der Waals surface area (Å²) in [5, 5.41) is 17.4. The standard InChI is InChI=1S/C50H53Cl2F2N7O8/c1-50(2,3)24-36-41(29-16-14-27(51)22-32(29)53)43(30-17-15-28(52)23-33(30)54)44(58-36)47(66)59-34-18-13-26(21-38(34)69-4)45(64)56-20-6-5-19-55-25-40(63)57-35-10-7-9-31-42(35)49(68)61(48(31)67)37-11-8-12-39(62)60-46(37)65/h7,9-10,13-18,21-23,36-37,41,43-44,55,58H,5-6,8,11-12,19-20,24-25H2,1-4H3,(H,56,64)(H,57,63)(H,59,66)(H,60,62,65)/t36-,37-,41-,43+,44+/m0/s1. The van der Waals surface area contributed by atoms with Crippen LogP contribution < -0.4 is 36.6 Å². The third-order valence-corrected chi connectivity index (χ3v) is 12.9. The molecule has 364 valence electrons. The first kappa shape index (κ1) is 50.6. The maximum atomic E-state index is 15.8. The van der Waals surface area contributed by atoms with Gasteiger partial charge < -0.3 is 31.3 Å². The third kappa shape index (κ3) is 11.6. The topological polar surface area (TPSA) is 204 Å². The van der Waals surface area contributed by atoms with Crippen molar-refractivity contribution in [2.75, 3.05) is 37.4 Å². The Morgan fingerprint density at radius 1 is 0.826 bits per heavy atom. The Morgan fingerprint density at radius 2 is 1.51 bits per heavy atom. The average Bonchev–Trinajstić information content (AvgIpc) is 3.70. The Balaban J connectivity index is 0.924. The second-order valence-electron chi connectivity index (χ2n) is 18.5. The highest BCUT2D eigenvalue weighted by atomic mass is 35.5. The van der Waals surface area contributed by atoms with Gasteiger partial charge in [0, 0.05) is 46.5 Å². The van der Waals surface area contributed by atoms with Crippen LogP contribution in [0.5, 0.6) is 5.75 Å². The average molecular weight is 989 g/mol. The van der Waals surface area contributed by atoms with Crippen molar-refractivity contribution in [3.05, 3.63) is 122 Å². The molecule has 6 N–H and O–H groups in total. The molecule has 69 heavy (non-hydrogen) atoms. The maximum absolute atomic E-state index is 15.8. The number of methoxy groups -OCH3 is 1. The molecule has 7 amide bonds. The van der Waals surface area contributed by atoms with E-state index in [1.54, 1.807) is 12.1 Å². The number of ether oxygens (including phenoxy) is 1. The predicted octanol–water partition coefficient (Wildman–Crippen LogP) is 7.09. The van der Waals surface area contributed by atoms with Gasteiger partial charge in [-0.3, -0.25) is 43.8 Å². The van der Waals surface area contributed by atoms with Crippen LogP contribution in [0.4, 0.5) is 20.2 Å². The summed E-state index contributed by atoms with van der Waals surface area (Å²) in [5.41, 5.74) is 0.852. The molecular formula is C50H53Cl2F2N7O8. The van der Waals surface area contributed by atoms with Crippen molar-refractivity contribution in [3.63, 3.8) is 0 Å². The molecular weight excluding hydrogens is 935 g/mol. The number of carbonyl (C=O) groups is 7. The van der Waals surface area contributed by atoms with Crippen LogP contribution in [0.2, 0.25) is 10.0 Å². The highest BCUT2D eigenvalue weighted by molar-refractivity contribution is 6.31. The highest BCUT2D eigenvalue weighted by Gasteiger charge is 2.50.